The summed E-state index contributed by atoms with van der Waals surface area (Å²) in [5, 5.41) is 9.69. The number of hydrogen-bond acceptors (Lipinski definition) is 5. The molecular weight excluding hydrogens is 310 g/mol. The molecule has 2 rings (SSSR count). The van der Waals surface area contributed by atoms with E-state index in [-0.39, 0.29) is 25.4 Å². The fourth-order valence-electron chi connectivity index (χ4n) is 2.86. The van der Waals surface area contributed by atoms with Gasteiger partial charge in [-0.1, -0.05) is 12.1 Å². The van der Waals surface area contributed by atoms with Crippen LogP contribution in [0.4, 0.5) is 0 Å². The number of aliphatic hydroxyl groups excluding tert-OH is 1. The van der Waals surface area contributed by atoms with Crippen molar-refractivity contribution in [2.24, 2.45) is 5.73 Å². The van der Waals surface area contributed by atoms with E-state index in [2.05, 4.69) is 0 Å². The number of likely N-dealkylation sites (tertiary alicyclic amines) is 1. The summed E-state index contributed by atoms with van der Waals surface area (Å²) in [5.41, 5.74) is 6.32. The SMILES string of the molecule is CCOc1ccc(CN(C)C(=O)CN2C[C@@H](O)C[C@@H]2C(N)=O)cc1. The molecule has 2 amide bonds. The molecule has 0 radical (unpaired) electrons. The van der Waals surface area contributed by atoms with Crippen LogP contribution < -0.4 is 10.5 Å². The topological polar surface area (TPSA) is 96.1 Å². The van der Waals surface area contributed by atoms with Gasteiger partial charge in [-0.2, -0.15) is 0 Å². The van der Waals surface area contributed by atoms with Crippen LogP contribution in [0.2, 0.25) is 0 Å². The van der Waals surface area contributed by atoms with Gasteiger partial charge >= 0.3 is 0 Å². The molecule has 0 spiro atoms. The highest BCUT2D eigenvalue weighted by Crippen LogP contribution is 2.18. The average Bonchev–Trinajstić information content (AvgIpc) is 2.90. The normalized spacial score (nSPS) is 20.8. The van der Waals surface area contributed by atoms with Gasteiger partial charge in [-0.3, -0.25) is 14.5 Å². The van der Waals surface area contributed by atoms with E-state index < -0.39 is 18.1 Å². The van der Waals surface area contributed by atoms with E-state index in [1.54, 1.807) is 16.8 Å². The number of hydrogen-bond donors (Lipinski definition) is 2. The molecule has 0 aromatic heterocycles. The molecule has 1 fully saturated rings. The predicted octanol–water partition coefficient (Wildman–Crippen LogP) is -0.0358. The Hall–Kier alpha value is -2.12. The van der Waals surface area contributed by atoms with Crippen molar-refractivity contribution in [1.29, 1.82) is 0 Å². The molecule has 1 aliphatic rings. The number of nitrogens with two attached hydrogens (primary N) is 1. The summed E-state index contributed by atoms with van der Waals surface area (Å²) in [4.78, 5) is 27.0. The van der Waals surface area contributed by atoms with Crippen molar-refractivity contribution in [3.05, 3.63) is 29.8 Å². The van der Waals surface area contributed by atoms with Crippen LogP contribution in [-0.2, 0) is 16.1 Å². The third kappa shape index (κ3) is 4.69. The Kier molecular flexibility index (Phi) is 6.16. The van der Waals surface area contributed by atoms with Gasteiger partial charge in [0.15, 0.2) is 0 Å². The number of ether oxygens (including phenoxy) is 1. The first kappa shape index (κ1) is 18.2. The summed E-state index contributed by atoms with van der Waals surface area (Å²) in [6, 6.07) is 7.00. The molecule has 1 aromatic carbocycles. The second-order valence-electron chi connectivity index (χ2n) is 6.06. The molecule has 0 bridgehead atoms. The molecule has 132 valence electrons. The van der Waals surface area contributed by atoms with E-state index in [0.717, 1.165) is 11.3 Å². The zero-order valence-electron chi connectivity index (χ0n) is 14.1. The monoisotopic (exact) mass is 335 g/mol. The molecule has 1 aromatic rings. The van der Waals surface area contributed by atoms with Crippen LogP contribution >= 0.6 is 0 Å². The molecular formula is C17H25N3O4. The lowest BCUT2D eigenvalue weighted by atomic mass is 10.2. The molecule has 0 aliphatic carbocycles. The highest BCUT2D eigenvalue weighted by Gasteiger charge is 2.36. The van der Waals surface area contributed by atoms with Gasteiger partial charge in [0.05, 0.1) is 25.3 Å². The molecule has 7 nitrogen and oxygen atoms in total. The summed E-state index contributed by atoms with van der Waals surface area (Å²) in [6.45, 7) is 3.35. The van der Waals surface area contributed by atoms with E-state index >= 15 is 0 Å². The minimum absolute atomic E-state index is 0.0677. The maximum atomic E-state index is 12.4. The number of carbonyl (C=O) groups is 2. The van der Waals surface area contributed by atoms with Crippen molar-refractivity contribution in [2.75, 3.05) is 26.7 Å². The fourth-order valence-corrected chi connectivity index (χ4v) is 2.86. The number of nitrogens with zero attached hydrogens (tertiary/aromatic N) is 2. The molecule has 1 saturated heterocycles. The van der Waals surface area contributed by atoms with E-state index in [0.29, 0.717) is 13.2 Å². The number of aliphatic hydroxyl groups is 1. The highest BCUT2D eigenvalue weighted by atomic mass is 16.5. The van der Waals surface area contributed by atoms with Crippen molar-refractivity contribution in [3.8, 4) is 5.75 Å². The first-order chi connectivity index (χ1) is 11.4. The number of benzene rings is 1. The molecule has 24 heavy (non-hydrogen) atoms. The lowest BCUT2D eigenvalue weighted by Crippen LogP contribution is -2.45. The van der Waals surface area contributed by atoms with Crippen molar-refractivity contribution in [3.63, 3.8) is 0 Å². The molecule has 1 heterocycles. The van der Waals surface area contributed by atoms with Crippen LogP contribution in [0.5, 0.6) is 5.75 Å². The Labute approximate surface area is 142 Å². The van der Waals surface area contributed by atoms with Gasteiger partial charge in [-0.05, 0) is 31.0 Å². The molecule has 7 heteroatoms. The van der Waals surface area contributed by atoms with Crippen LogP contribution in [-0.4, -0.2) is 65.6 Å². The smallest absolute Gasteiger partial charge is 0.236 e. The van der Waals surface area contributed by atoms with E-state index in [1.165, 1.54) is 0 Å². The van der Waals surface area contributed by atoms with Crippen LogP contribution in [0.15, 0.2) is 24.3 Å². The van der Waals surface area contributed by atoms with Gasteiger partial charge in [-0.25, -0.2) is 0 Å². The quantitative estimate of drug-likeness (QED) is 0.729. The summed E-state index contributed by atoms with van der Waals surface area (Å²) < 4.78 is 5.39. The fraction of sp³-hybridized carbons (Fsp3) is 0.529. The zero-order valence-corrected chi connectivity index (χ0v) is 14.1. The molecule has 2 atom stereocenters. The van der Waals surface area contributed by atoms with Gasteiger partial charge < -0.3 is 20.5 Å². The lowest BCUT2D eigenvalue weighted by molar-refractivity contribution is -0.132. The summed E-state index contributed by atoms with van der Waals surface area (Å²) in [7, 11) is 1.71. The first-order valence-corrected chi connectivity index (χ1v) is 8.07. The summed E-state index contributed by atoms with van der Waals surface area (Å²) in [6.07, 6.45) is -0.336. The Morgan fingerprint density at radius 1 is 1.38 bits per heavy atom. The van der Waals surface area contributed by atoms with Crippen molar-refractivity contribution < 1.29 is 19.4 Å². The maximum Gasteiger partial charge on any atom is 0.236 e. The van der Waals surface area contributed by atoms with E-state index in [4.69, 9.17) is 10.5 Å². The minimum Gasteiger partial charge on any atom is -0.494 e. The second kappa shape index (κ2) is 8.12. The van der Waals surface area contributed by atoms with Crippen molar-refractivity contribution >= 4 is 11.8 Å². The highest BCUT2D eigenvalue weighted by molar-refractivity contribution is 5.82. The number of likely N-dealkylation sites (N-methyl/N-ethyl adjacent to an activating group) is 1. The Balaban J connectivity index is 1.90. The van der Waals surface area contributed by atoms with Crippen LogP contribution in [0, 0.1) is 0 Å². The first-order valence-electron chi connectivity index (χ1n) is 8.07. The second-order valence-corrected chi connectivity index (χ2v) is 6.06. The third-order valence-electron chi connectivity index (χ3n) is 4.13. The van der Waals surface area contributed by atoms with Gasteiger partial charge in [0, 0.05) is 20.1 Å². The molecule has 1 aliphatic heterocycles. The van der Waals surface area contributed by atoms with Gasteiger partial charge in [-0.15, -0.1) is 0 Å². The average molecular weight is 335 g/mol. The maximum absolute atomic E-state index is 12.4. The number of carbonyl (C=O) groups excluding carboxylic acids is 2. The number of amides is 2. The van der Waals surface area contributed by atoms with E-state index in [1.807, 2.05) is 31.2 Å². The van der Waals surface area contributed by atoms with Gasteiger partial charge in [0.2, 0.25) is 11.8 Å². The van der Waals surface area contributed by atoms with Crippen molar-refractivity contribution in [2.45, 2.75) is 32.0 Å². The Morgan fingerprint density at radius 2 is 2.04 bits per heavy atom. The summed E-state index contributed by atoms with van der Waals surface area (Å²) >= 11 is 0. The van der Waals surface area contributed by atoms with Crippen LogP contribution in [0.1, 0.15) is 18.9 Å². The molecule has 3 N–H and O–H groups in total. The number of primary amides is 1. The standard InChI is InChI=1S/C17H25N3O4/c1-3-24-14-6-4-12(5-7-14)9-19(2)16(22)11-20-10-13(21)8-15(20)17(18)23/h4-7,13,15,21H,3,8-11H2,1-2H3,(H2,18,23)/t13-,15+/m0/s1. The largest absolute Gasteiger partial charge is 0.494 e. The molecule has 0 unspecified atom stereocenters. The third-order valence-corrected chi connectivity index (χ3v) is 4.13. The van der Waals surface area contributed by atoms with Gasteiger partial charge in [0.25, 0.3) is 0 Å². The predicted molar refractivity (Wildman–Crippen MR) is 89.3 cm³/mol. The Morgan fingerprint density at radius 3 is 2.62 bits per heavy atom. The van der Waals surface area contributed by atoms with Crippen molar-refractivity contribution in [1.82, 2.24) is 9.80 Å². The van der Waals surface area contributed by atoms with Crippen LogP contribution in [0.25, 0.3) is 0 Å². The van der Waals surface area contributed by atoms with Crippen LogP contribution in [0.3, 0.4) is 0 Å². The van der Waals surface area contributed by atoms with Gasteiger partial charge in [0.1, 0.15) is 5.75 Å². The molecule has 0 saturated carbocycles. The Bertz CT molecular complexity index is 576. The summed E-state index contributed by atoms with van der Waals surface area (Å²) in [5.74, 6) is 0.170. The zero-order chi connectivity index (χ0) is 17.7. The minimum atomic E-state index is -0.619. The number of rotatable bonds is 7. The van der Waals surface area contributed by atoms with E-state index in [9.17, 15) is 14.7 Å². The number of β-amino-alcohol motifs (C(OH)–C–C–N with tert-alkyl or cyclic N) is 1. The lowest BCUT2D eigenvalue weighted by Gasteiger charge is -2.24.